The van der Waals surface area contributed by atoms with Gasteiger partial charge in [-0.25, -0.2) is 9.97 Å². The first-order valence-corrected chi connectivity index (χ1v) is 9.85. The lowest BCUT2D eigenvalue weighted by Crippen LogP contribution is -2.49. The number of hydrogen-bond donors (Lipinski definition) is 0. The largest absolute Gasteiger partial charge is 0.337 e. The molecule has 2 aromatic heterocycles. The molecule has 7 nitrogen and oxygen atoms in total. The highest BCUT2D eigenvalue weighted by Crippen LogP contribution is 2.19. The number of aromatic nitrogens is 4. The molecule has 1 saturated heterocycles. The molecule has 0 aliphatic carbocycles. The average Bonchev–Trinajstić information content (AvgIpc) is 2.79. The molecule has 0 radical (unpaired) electrons. The van der Waals surface area contributed by atoms with Gasteiger partial charge in [0.1, 0.15) is 5.69 Å². The minimum absolute atomic E-state index is 0.0779. The highest BCUT2D eigenvalue weighted by molar-refractivity contribution is 5.94. The summed E-state index contributed by atoms with van der Waals surface area (Å²) >= 11 is 0. The number of nitrogens with zero attached hydrogens (tertiary/aromatic N) is 6. The third-order valence-electron chi connectivity index (χ3n) is 5.14. The number of anilines is 1. The van der Waals surface area contributed by atoms with Crippen molar-refractivity contribution in [3.05, 3.63) is 66.2 Å². The molecular weight excluding hydrogens is 364 g/mol. The predicted molar refractivity (Wildman–Crippen MR) is 112 cm³/mol. The van der Waals surface area contributed by atoms with Crippen LogP contribution >= 0.6 is 0 Å². The first kappa shape index (κ1) is 19.0. The molecule has 3 heterocycles. The van der Waals surface area contributed by atoms with Crippen LogP contribution in [0.2, 0.25) is 0 Å². The van der Waals surface area contributed by atoms with Crippen LogP contribution in [0.15, 0.2) is 55.1 Å². The molecule has 0 spiro atoms. The van der Waals surface area contributed by atoms with E-state index in [1.807, 2.05) is 35.2 Å². The summed E-state index contributed by atoms with van der Waals surface area (Å²) in [6, 6.07) is 9.77. The van der Waals surface area contributed by atoms with Gasteiger partial charge in [0.05, 0.1) is 11.9 Å². The molecule has 0 atom stereocenters. The summed E-state index contributed by atoms with van der Waals surface area (Å²) in [5.74, 6) is 1.19. The lowest BCUT2D eigenvalue weighted by molar-refractivity contribution is 0.0746. The van der Waals surface area contributed by atoms with Crippen LogP contribution in [-0.2, 0) is 0 Å². The zero-order valence-electron chi connectivity index (χ0n) is 16.7. The van der Waals surface area contributed by atoms with Gasteiger partial charge in [-0.2, -0.15) is 0 Å². The van der Waals surface area contributed by atoms with Crippen molar-refractivity contribution in [2.45, 2.75) is 19.8 Å². The number of rotatable bonds is 4. The lowest BCUT2D eigenvalue weighted by atomic mass is 10.0. The van der Waals surface area contributed by atoms with Crippen LogP contribution in [0, 0.1) is 0 Å². The van der Waals surface area contributed by atoms with Gasteiger partial charge in [0.15, 0.2) is 0 Å². The van der Waals surface area contributed by atoms with Gasteiger partial charge in [-0.3, -0.25) is 14.8 Å². The van der Waals surface area contributed by atoms with Gasteiger partial charge in [-0.1, -0.05) is 26.0 Å². The summed E-state index contributed by atoms with van der Waals surface area (Å²) in [4.78, 5) is 34.3. The maximum Gasteiger partial charge on any atom is 0.253 e. The number of hydrogen-bond acceptors (Lipinski definition) is 6. The number of carbonyl (C=O) groups is 1. The summed E-state index contributed by atoms with van der Waals surface area (Å²) in [6.07, 6.45) is 6.71. The van der Waals surface area contributed by atoms with Crippen LogP contribution in [0.5, 0.6) is 0 Å². The van der Waals surface area contributed by atoms with E-state index in [4.69, 9.17) is 0 Å². The Kier molecular flexibility index (Phi) is 5.46. The maximum absolute atomic E-state index is 12.8. The zero-order valence-corrected chi connectivity index (χ0v) is 16.7. The van der Waals surface area contributed by atoms with Crippen molar-refractivity contribution in [3.63, 3.8) is 0 Å². The van der Waals surface area contributed by atoms with E-state index < -0.39 is 0 Å². The fourth-order valence-corrected chi connectivity index (χ4v) is 3.38. The van der Waals surface area contributed by atoms with E-state index in [1.54, 1.807) is 24.8 Å². The average molecular weight is 388 g/mol. The first-order chi connectivity index (χ1) is 14.1. The van der Waals surface area contributed by atoms with Crippen molar-refractivity contribution in [2.24, 2.45) is 0 Å². The van der Waals surface area contributed by atoms with E-state index >= 15 is 0 Å². The molecule has 0 unspecified atom stereocenters. The summed E-state index contributed by atoms with van der Waals surface area (Å²) in [5.41, 5.74) is 3.44. The molecule has 0 bridgehead atoms. The Hall–Kier alpha value is -3.35. The summed E-state index contributed by atoms with van der Waals surface area (Å²) in [7, 11) is 0. The summed E-state index contributed by atoms with van der Waals surface area (Å²) in [5, 5.41) is 0. The van der Waals surface area contributed by atoms with Crippen molar-refractivity contribution in [2.75, 3.05) is 31.1 Å². The van der Waals surface area contributed by atoms with Gasteiger partial charge < -0.3 is 9.80 Å². The van der Waals surface area contributed by atoms with Gasteiger partial charge in [-0.15, -0.1) is 0 Å². The predicted octanol–water partition coefficient (Wildman–Crippen LogP) is 3.02. The molecule has 4 rings (SSSR count). The number of amides is 1. The van der Waals surface area contributed by atoms with Crippen LogP contribution in [0.4, 0.5) is 5.95 Å². The second-order valence-corrected chi connectivity index (χ2v) is 7.39. The Morgan fingerprint density at radius 1 is 0.897 bits per heavy atom. The van der Waals surface area contributed by atoms with Gasteiger partial charge in [-0.05, 0) is 29.7 Å². The van der Waals surface area contributed by atoms with E-state index in [0.717, 1.165) is 17.0 Å². The smallest absolute Gasteiger partial charge is 0.253 e. The maximum atomic E-state index is 12.8. The number of piperazine rings is 1. The molecule has 1 aliphatic rings. The molecule has 1 aromatic carbocycles. The van der Waals surface area contributed by atoms with Crippen LogP contribution in [0.3, 0.4) is 0 Å². The van der Waals surface area contributed by atoms with Crippen LogP contribution in [-0.4, -0.2) is 56.9 Å². The Labute approximate surface area is 170 Å². The minimum Gasteiger partial charge on any atom is -0.337 e. The Morgan fingerprint density at radius 3 is 2.31 bits per heavy atom. The molecule has 29 heavy (non-hydrogen) atoms. The van der Waals surface area contributed by atoms with Crippen LogP contribution in [0.1, 0.15) is 35.7 Å². The van der Waals surface area contributed by atoms with Gasteiger partial charge in [0.25, 0.3) is 5.91 Å². The molecule has 0 N–H and O–H groups in total. The quantitative estimate of drug-likeness (QED) is 0.684. The van der Waals surface area contributed by atoms with E-state index in [2.05, 4.69) is 38.7 Å². The highest BCUT2D eigenvalue weighted by atomic mass is 16.2. The van der Waals surface area contributed by atoms with Crippen LogP contribution < -0.4 is 4.90 Å². The van der Waals surface area contributed by atoms with E-state index in [1.165, 1.54) is 5.56 Å². The van der Waals surface area contributed by atoms with Gasteiger partial charge >= 0.3 is 0 Å². The zero-order chi connectivity index (χ0) is 20.2. The fraction of sp³-hybridized carbons (Fsp3) is 0.318. The lowest BCUT2D eigenvalue weighted by Gasteiger charge is -2.34. The molecule has 3 aromatic rings. The molecule has 7 heteroatoms. The van der Waals surface area contributed by atoms with Crippen molar-refractivity contribution < 1.29 is 4.79 Å². The van der Waals surface area contributed by atoms with Gasteiger partial charge in [0, 0.05) is 50.3 Å². The van der Waals surface area contributed by atoms with Crippen LogP contribution in [0.25, 0.3) is 11.4 Å². The topological polar surface area (TPSA) is 75.1 Å². The molecule has 0 saturated carbocycles. The van der Waals surface area contributed by atoms with Gasteiger partial charge in [0.2, 0.25) is 5.95 Å². The molecular formula is C22H24N6O. The normalized spacial score (nSPS) is 14.3. The second-order valence-electron chi connectivity index (χ2n) is 7.39. The van der Waals surface area contributed by atoms with Crippen molar-refractivity contribution in [1.82, 2.24) is 24.8 Å². The van der Waals surface area contributed by atoms with E-state index in [9.17, 15) is 4.79 Å². The second kappa shape index (κ2) is 8.34. The Morgan fingerprint density at radius 2 is 1.66 bits per heavy atom. The number of carbonyl (C=O) groups excluding carboxylic acids is 1. The van der Waals surface area contributed by atoms with E-state index in [0.29, 0.717) is 38.0 Å². The van der Waals surface area contributed by atoms with Crippen molar-refractivity contribution in [3.8, 4) is 11.4 Å². The third kappa shape index (κ3) is 4.23. The summed E-state index contributed by atoms with van der Waals surface area (Å²) < 4.78 is 0. The fourth-order valence-electron chi connectivity index (χ4n) is 3.38. The minimum atomic E-state index is 0.0779. The Bertz CT molecular complexity index is 966. The van der Waals surface area contributed by atoms with Crippen molar-refractivity contribution >= 4 is 11.9 Å². The molecule has 1 fully saturated rings. The molecule has 1 aliphatic heterocycles. The number of benzene rings is 1. The van der Waals surface area contributed by atoms with Crippen molar-refractivity contribution in [1.29, 1.82) is 0 Å². The SMILES string of the molecule is CC(C)c1ccc(C(=O)N2CCN(c3nccc(-c4cnccn4)n3)CC2)cc1. The highest BCUT2D eigenvalue weighted by Gasteiger charge is 2.23. The summed E-state index contributed by atoms with van der Waals surface area (Å²) in [6.45, 7) is 6.97. The standard InChI is InChI=1S/C22H24N6O/c1-16(2)17-3-5-18(6-4-17)21(29)27-11-13-28(14-12-27)22-25-8-7-19(26-22)20-15-23-9-10-24-20/h3-10,15-16H,11-14H2,1-2H3. The molecule has 1 amide bonds. The first-order valence-electron chi connectivity index (χ1n) is 9.85. The third-order valence-corrected chi connectivity index (χ3v) is 5.14. The Balaban J connectivity index is 1.41. The van der Waals surface area contributed by atoms with E-state index in [-0.39, 0.29) is 5.91 Å². The monoisotopic (exact) mass is 388 g/mol. The molecule has 148 valence electrons.